The van der Waals surface area contributed by atoms with Crippen LogP contribution in [0.15, 0.2) is 71.6 Å². The second-order valence-electron chi connectivity index (χ2n) is 7.39. The minimum absolute atomic E-state index is 0.0637. The SMILES string of the molecule is COc1ccc(S(=O)(=O)Nc2ccc3c(c2)CCCN3C(=O)c2ccccc2)cc1OC. The molecular weight excluding hydrogens is 428 g/mol. The Bertz CT molecular complexity index is 1240. The molecule has 4 rings (SSSR count). The van der Waals surface area contributed by atoms with Crippen LogP contribution in [0.2, 0.25) is 0 Å². The van der Waals surface area contributed by atoms with Crippen molar-refractivity contribution in [2.45, 2.75) is 17.7 Å². The molecule has 1 aliphatic heterocycles. The summed E-state index contributed by atoms with van der Waals surface area (Å²) in [6.07, 6.45) is 1.57. The summed E-state index contributed by atoms with van der Waals surface area (Å²) >= 11 is 0. The average Bonchev–Trinajstić information content (AvgIpc) is 2.82. The summed E-state index contributed by atoms with van der Waals surface area (Å²) in [5.74, 6) is 0.712. The molecule has 0 unspecified atom stereocenters. The third kappa shape index (κ3) is 4.27. The maximum absolute atomic E-state index is 13.0. The van der Waals surface area contributed by atoms with Gasteiger partial charge in [0, 0.05) is 29.5 Å². The van der Waals surface area contributed by atoms with Gasteiger partial charge >= 0.3 is 0 Å². The van der Waals surface area contributed by atoms with E-state index in [4.69, 9.17) is 9.47 Å². The predicted octanol–water partition coefficient (Wildman–Crippen LogP) is 4.10. The average molecular weight is 453 g/mol. The van der Waals surface area contributed by atoms with Gasteiger partial charge in [0.2, 0.25) is 0 Å². The summed E-state index contributed by atoms with van der Waals surface area (Å²) in [7, 11) is -0.895. The van der Waals surface area contributed by atoms with Crippen molar-refractivity contribution >= 4 is 27.3 Å². The van der Waals surface area contributed by atoms with Crippen molar-refractivity contribution in [2.24, 2.45) is 0 Å². The zero-order chi connectivity index (χ0) is 22.7. The molecule has 3 aromatic carbocycles. The number of carbonyl (C=O) groups is 1. The van der Waals surface area contributed by atoms with E-state index in [1.165, 1.54) is 26.4 Å². The van der Waals surface area contributed by atoms with Crippen molar-refractivity contribution in [3.05, 3.63) is 77.9 Å². The third-order valence-electron chi connectivity index (χ3n) is 5.38. The van der Waals surface area contributed by atoms with Crippen LogP contribution in [0.5, 0.6) is 11.5 Å². The number of aryl methyl sites for hydroxylation is 1. The van der Waals surface area contributed by atoms with Gasteiger partial charge in [0.25, 0.3) is 15.9 Å². The number of nitrogens with zero attached hydrogens (tertiary/aromatic N) is 1. The number of hydrogen-bond acceptors (Lipinski definition) is 5. The van der Waals surface area contributed by atoms with E-state index < -0.39 is 10.0 Å². The van der Waals surface area contributed by atoms with Gasteiger partial charge in [-0.15, -0.1) is 0 Å². The highest BCUT2D eigenvalue weighted by Crippen LogP contribution is 2.33. The zero-order valence-corrected chi connectivity index (χ0v) is 18.7. The molecule has 32 heavy (non-hydrogen) atoms. The first-order valence-corrected chi connectivity index (χ1v) is 11.7. The number of hydrogen-bond donors (Lipinski definition) is 1. The molecule has 1 amide bonds. The number of ether oxygens (including phenoxy) is 2. The van der Waals surface area contributed by atoms with Gasteiger partial charge in [0.05, 0.1) is 19.1 Å². The van der Waals surface area contributed by atoms with Crippen molar-refractivity contribution in [3.63, 3.8) is 0 Å². The summed E-state index contributed by atoms with van der Waals surface area (Å²) in [4.78, 5) is 14.8. The van der Waals surface area contributed by atoms with E-state index in [1.807, 2.05) is 18.2 Å². The fraction of sp³-hybridized carbons (Fsp3) is 0.208. The maximum Gasteiger partial charge on any atom is 0.262 e. The molecule has 0 atom stereocenters. The lowest BCUT2D eigenvalue weighted by Crippen LogP contribution is -2.35. The summed E-state index contributed by atoms with van der Waals surface area (Å²) in [6, 6.07) is 18.8. The number of sulfonamides is 1. The summed E-state index contributed by atoms with van der Waals surface area (Å²) < 4.78 is 38.9. The quantitative estimate of drug-likeness (QED) is 0.609. The Labute approximate surface area is 187 Å². The van der Waals surface area contributed by atoms with Crippen LogP contribution in [0.3, 0.4) is 0 Å². The smallest absolute Gasteiger partial charge is 0.262 e. The molecule has 0 saturated carbocycles. The van der Waals surface area contributed by atoms with Crippen molar-refractivity contribution in [1.29, 1.82) is 0 Å². The highest BCUT2D eigenvalue weighted by molar-refractivity contribution is 7.92. The second kappa shape index (κ2) is 8.92. The first kappa shape index (κ1) is 21.7. The summed E-state index contributed by atoms with van der Waals surface area (Å²) in [5.41, 5.74) is 2.79. The molecule has 1 heterocycles. The van der Waals surface area contributed by atoms with E-state index in [9.17, 15) is 13.2 Å². The molecule has 0 saturated heterocycles. The molecule has 0 aliphatic carbocycles. The number of methoxy groups -OCH3 is 2. The first-order chi connectivity index (χ1) is 15.4. The number of benzene rings is 3. The molecule has 0 bridgehead atoms. The number of nitrogens with one attached hydrogen (secondary N) is 1. The van der Waals surface area contributed by atoms with Crippen molar-refractivity contribution in [1.82, 2.24) is 0 Å². The molecule has 1 N–H and O–H groups in total. The van der Waals surface area contributed by atoms with Gasteiger partial charge in [-0.25, -0.2) is 8.42 Å². The minimum atomic E-state index is -3.84. The largest absolute Gasteiger partial charge is 0.493 e. The van der Waals surface area contributed by atoms with E-state index in [0.29, 0.717) is 29.3 Å². The lowest BCUT2D eigenvalue weighted by molar-refractivity contribution is 0.0985. The molecule has 7 nitrogen and oxygen atoms in total. The third-order valence-corrected chi connectivity index (χ3v) is 6.76. The molecule has 3 aromatic rings. The molecule has 0 radical (unpaired) electrons. The fourth-order valence-corrected chi connectivity index (χ4v) is 4.87. The van der Waals surface area contributed by atoms with Gasteiger partial charge in [-0.05, 0) is 60.9 Å². The number of rotatable bonds is 6. The number of carbonyl (C=O) groups excluding carboxylic acids is 1. The van der Waals surface area contributed by atoms with Crippen LogP contribution in [0.25, 0.3) is 0 Å². The van der Waals surface area contributed by atoms with Crippen LogP contribution >= 0.6 is 0 Å². The van der Waals surface area contributed by atoms with Crippen molar-refractivity contribution in [2.75, 3.05) is 30.4 Å². The molecular formula is C24H24N2O5S. The van der Waals surface area contributed by atoms with Gasteiger partial charge in [0.1, 0.15) is 0 Å². The Kier molecular flexibility index (Phi) is 6.05. The Hall–Kier alpha value is -3.52. The molecule has 166 valence electrons. The zero-order valence-electron chi connectivity index (χ0n) is 17.9. The Balaban J connectivity index is 1.60. The highest BCUT2D eigenvalue weighted by Gasteiger charge is 2.24. The lowest BCUT2D eigenvalue weighted by Gasteiger charge is -2.30. The van der Waals surface area contributed by atoms with E-state index in [2.05, 4.69) is 4.72 Å². The predicted molar refractivity (Wildman–Crippen MR) is 123 cm³/mol. The first-order valence-electron chi connectivity index (χ1n) is 10.2. The normalized spacial score (nSPS) is 13.2. The van der Waals surface area contributed by atoms with Gasteiger partial charge in [-0.2, -0.15) is 0 Å². The highest BCUT2D eigenvalue weighted by atomic mass is 32.2. The standard InChI is InChI=1S/C24H24N2O5S/c1-30-22-13-11-20(16-23(22)31-2)32(28,29)25-19-10-12-21-18(15-19)9-6-14-26(21)24(27)17-7-4-3-5-8-17/h3-5,7-8,10-13,15-16,25H,6,9,14H2,1-2H3. The van der Waals surface area contributed by atoms with Crippen molar-refractivity contribution in [3.8, 4) is 11.5 Å². The number of fused-ring (bicyclic) bond motifs is 1. The van der Waals surface area contributed by atoms with Crippen molar-refractivity contribution < 1.29 is 22.7 Å². The Morgan fingerprint density at radius 2 is 1.69 bits per heavy atom. The molecule has 0 fully saturated rings. The number of anilines is 2. The van der Waals surface area contributed by atoms with Gasteiger partial charge < -0.3 is 14.4 Å². The number of amides is 1. The Morgan fingerprint density at radius 3 is 2.41 bits per heavy atom. The van der Waals surface area contributed by atoms with Crippen LogP contribution in [0.4, 0.5) is 11.4 Å². The van der Waals surface area contributed by atoms with Crippen LogP contribution in [-0.4, -0.2) is 35.1 Å². The van der Waals surface area contributed by atoms with E-state index in [1.54, 1.807) is 41.3 Å². The van der Waals surface area contributed by atoms with Gasteiger partial charge in [-0.1, -0.05) is 18.2 Å². The van der Waals surface area contributed by atoms with E-state index in [-0.39, 0.29) is 10.8 Å². The second-order valence-corrected chi connectivity index (χ2v) is 9.07. The van der Waals surface area contributed by atoms with E-state index in [0.717, 1.165) is 24.1 Å². The monoisotopic (exact) mass is 452 g/mol. The molecule has 1 aliphatic rings. The fourth-order valence-electron chi connectivity index (χ4n) is 3.81. The van der Waals surface area contributed by atoms with Gasteiger partial charge in [0.15, 0.2) is 11.5 Å². The van der Waals surface area contributed by atoms with E-state index >= 15 is 0 Å². The molecule has 0 spiro atoms. The summed E-state index contributed by atoms with van der Waals surface area (Å²) in [6.45, 7) is 0.622. The Morgan fingerprint density at radius 1 is 0.938 bits per heavy atom. The summed E-state index contributed by atoms with van der Waals surface area (Å²) in [5, 5.41) is 0. The van der Waals surface area contributed by atoms with Crippen LogP contribution in [0.1, 0.15) is 22.3 Å². The lowest BCUT2D eigenvalue weighted by atomic mass is 10.00. The minimum Gasteiger partial charge on any atom is -0.493 e. The maximum atomic E-state index is 13.0. The van der Waals surface area contributed by atoms with Crippen LogP contribution < -0.4 is 19.1 Å². The van der Waals surface area contributed by atoms with Crippen LogP contribution in [-0.2, 0) is 16.4 Å². The molecule has 0 aromatic heterocycles. The molecule has 8 heteroatoms. The van der Waals surface area contributed by atoms with Gasteiger partial charge in [-0.3, -0.25) is 9.52 Å². The topological polar surface area (TPSA) is 84.9 Å². The van der Waals surface area contributed by atoms with Crippen LogP contribution in [0, 0.1) is 0 Å².